The lowest BCUT2D eigenvalue weighted by molar-refractivity contribution is -0.146. The van der Waals surface area contributed by atoms with Gasteiger partial charge in [0, 0.05) is 0 Å². The highest BCUT2D eigenvalue weighted by atomic mass is 35.5. The zero-order valence-electron chi connectivity index (χ0n) is 8.29. The van der Waals surface area contributed by atoms with Crippen molar-refractivity contribution >= 4 is 40.3 Å². The first kappa shape index (κ1) is 13.0. The molecular formula is C9H3Cl2F3N2O2. The highest BCUT2D eigenvalue weighted by molar-refractivity contribution is 6.42. The van der Waals surface area contributed by atoms with E-state index in [4.69, 9.17) is 28.3 Å². The molecule has 2 rings (SSSR count). The molecule has 0 saturated heterocycles. The van der Waals surface area contributed by atoms with Crippen LogP contribution in [0.25, 0.3) is 11.0 Å². The van der Waals surface area contributed by atoms with Crippen molar-refractivity contribution in [3.05, 3.63) is 28.0 Å². The molecule has 2 aromatic rings. The maximum absolute atomic E-state index is 12.6. The fourth-order valence-electron chi connectivity index (χ4n) is 1.46. The van der Waals surface area contributed by atoms with E-state index in [-0.39, 0.29) is 25.6 Å². The minimum Gasteiger partial charge on any atom is -0.464 e. The summed E-state index contributed by atoms with van der Waals surface area (Å²) >= 11 is 11.3. The molecule has 1 N–H and O–H groups in total. The van der Waals surface area contributed by atoms with Gasteiger partial charge in [-0.2, -0.15) is 13.2 Å². The number of imidazole rings is 1. The molecule has 0 unspecified atom stereocenters. The molecule has 96 valence electrons. The van der Waals surface area contributed by atoms with Gasteiger partial charge in [0.1, 0.15) is 0 Å². The van der Waals surface area contributed by atoms with Crippen LogP contribution in [0.4, 0.5) is 18.0 Å². The van der Waals surface area contributed by atoms with E-state index < -0.39 is 18.1 Å². The van der Waals surface area contributed by atoms with Crippen LogP contribution in [0.1, 0.15) is 5.82 Å². The Kier molecular flexibility index (Phi) is 2.90. The second-order valence-corrected chi connectivity index (χ2v) is 4.12. The summed E-state index contributed by atoms with van der Waals surface area (Å²) in [7, 11) is 0. The molecule has 0 atom stereocenters. The number of fused-ring (bicyclic) bond motifs is 1. The summed E-state index contributed by atoms with van der Waals surface area (Å²) in [6.45, 7) is 0. The lowest BCUT2D eigenvalue weighted by atomic mass is 10.3. The van der Waals surface area contributed by atoms with E-state index in [1.807, 2.05) is 0 Å². The first-order chi connectivity index (χ1) is 8.21. The van der Waals surface area contributed by atoms with Crippen LogP contribution in [0, 0.1) is 0 Å². The first-order valence-corrected chi connectivity index (χ1v) is 5.15. The monoisotopic (exact) mass is 298 g/mol. The summed E-state index contributed by atoms with van der Waals surface area (Å²) in [4.78, 5) is 14.1. The molecular weight excluding hydrogens is 296 g/mol. The molecule has 1 aromatic heterocycles. The summed E-state index contributed by atoms with van der Waals surface area (Å²) < 4.78 is 37.9. The Bertz CT molecular complexity index is 651. The molecule has 18 heavy (non-hydrogen) atoms. The summed E-state index contributed by atoms with van der Waals surface area (Å²) in [5.41, 5.74) is -0.469. The molecule has 9 heteroatoms. The zero-order valence-corrected chi connectivity index (χ0v) is 9.81. The van der Waals surface area contributed by atoms with Crippen molar-refractivity contribution in [3.8, 4) is 0 Å². The number of rotatable bonds is 0. The van der Waals surface area contributed by atoms with E-state index in [1.54, 1.807) is 0 Å². The van der Waals surface area contributed by atoms with Crippen molar-refractivity contribution in [3.63, 3.8) is 0 Å². The van der Waals surface area contributed by atoms with Crippen molar-refractivity contribution in [2.75, 3.05) is 0 Å². The quantitative estimate of drug-likeness (QED) is 0.803. The van der Waals surface area contributed by atoms with Gasteiger partial charge in [0.2, 0.25) is 5.82 Å². The molecule has 0 fully saturated rings. The number of hydrogen-bond acceptors (Lipinski definition) is 2. The van der Waals surface area contributed by atoms with Crippen LogP contribution in [0.2, 0.25) is 10.0 Å². The third kappa shape index (κ3) is 1.99. The van der Waals surface area contributed by atoms with Gasteiger partial charge < -0.3 is 5.11 Å². The molecule has 1 aromatic carbocycles. The summed E-state index contributed by atoms with van der Waals surface area (Å²) in [6, 6.07) is 2.10. The van der Waals surface area contributed by atoms with Crippen LogP contribution >= 0.6 is 23.2 Å². The minimum atomic E-state index is -4.89. The standard InChI is InChI=1S/C9H3Cl2F3N2O2/c10-3-1-5-6(2-4(3)11)16(8(17)18)7(15-5)9(12,13)14/h1-2H,(H,17,18). The van der Waals surface area contributed by atoms with Crippen molar-refractivity contribution in [1.82, 2.24) is 9.55 Å². The topological polar surface area (TPSA) is 55.1 Å². The Hall–Kier alpha value is -1.47. The second-order valence-electron chi connectivity index (χ2n) is 3.31. The molecule has 0 bridgehead atoms. The van der Waals surface area contributed by atoms with Crippen LogP contribution in [0.15, 0.2) is 12.1 Å². The van der Waals surface area contributed by atoms with Gasteiger partial charge in [0.15, 0.2) is 0 Å². The van der Waals surface area contributed by atoms with Gasteiger partial charge in [0.25, 0.3) is 0 Å². The average molecular weight is 299 g/mol. The molecule has 4 nitrogen and oxygen atoms in total. The van der Waals surface area contributed by atoms with Gasteiger partial charge >= 0.3 is 12.3 Å². The van der Waals surface area contributed by atoms with E-state index in [0.29, 0.717) is 0 Å². The van der Waals surface area contributed by atoms with E-state index in [1.165, 1.54) is 0 Å². The molecule has 0 aliphatic carbocycles. The van der Waals surface area contributed by atoms with Crippen LogP contribution < -0.4 is 0 Å². The van der Waals surface area contributed by atoms with Gasteiger partial charge in [-0.1, -0.05) is 23.2 Å². The smallest absolute Gasteiger partial charge is 0.450 e. The maximum atomic E-state index is 12.6. The lowest BCUT2D eigenvalue weighted by Crippen LogP contribution is -2.19. The summed E-state index contributed by atoms with van der Waals surface area (Å²) in [5.74, 6) is -1.54. The Labute approximate surface area is 108 Å². The number of nitrogens with zero attached hydrogens (tertiary/aromatic N) is 2. The predicted molar refractivity (Wildman–Crippen MR) is 58.2 cm³/mol. The van der Waals surface area contributed by atoms with Crippen LogP contribution in [0.5, 0.6) is 0 Å². The maximum Gasteiger partial charge on any atom is 0.450 e. The third-order valence-electron chi connectivity index (χ3n) is 2.14. The Morgan fingerprint density at radius 2 is 1.83 bits per heavy atom. The summed E-state index contributed by atoms with van der Waals surface area (Å²) in [6.07, 6.45) is -6.70. The third-order valence-corrected chi connectivity index (χ3v) is 2.86. The van der Waals surface area contributed by atoms with Crippen molar-refractivity contribution in [2.45, 2.75) is 6.18 Å². The van der Waals surface area contributed by atoms with Gasteiger partial charge in [-0.05, 0) is 12.1 Å². The fraction of sp³-hybridized carbons (Fsp3) is 0.111. The van der Waals surface area contributed by atoms with E-state index in [2.05, 4.69) is 4.98 Å². The van der Waals surface area contributed by atoms with E-state index >= 15 is 0 Å². The van der Waals surface area contributed by atoms with Gasteiger partial charge in [-0.25, -0.2) is 14.3 Å². The largest absolute Gasteiger partial charge is 0.464 e. The highest BCUT2D eigenvalue weighted by Gasteiger charge is 2.39. The normalized spacial score (nSPS) is 12.1. The van der Waals surface area contributed by atoms with Crippen molar-refractivity contribution < 1.29 is 23.1 Å². The molecule has 0 saturated carbocycles. The SMILES string of the molecule is O=C(O)n1c(C(F)(F)F)nc2cc(Cl)c(Cl)cc21. The molecule has 0 aliphatic heterocycles. The van der Waals surface area contributed by atoms with Gasteiger partial charge in [-0.15, -0.1) is 0 Å². The lowest BCUT2D eigenvalue weighted by Gasteiger charge is -2.06. The molecule has 0 spiro atoms. The van der Waals surface area contributed by atoms with E-state index in [9.17, 15) is 18.0 Å². The van der Waals surface area contributed by atoms with E-state index in [0.717, 1.165) is 12.1 Å². The molecule has 0 amide bonds. The van der Waals surface area contributed by atoms with Crippen molar-refractivity contribution in [2.24, 2.45) is 0 Å². The zero-order chi connectivity index (χ0) is 13.7. The number of carbonyl (C=O) groups is 1. The molecule has 0 radical (unpaired) electrons. The number of benzene rings is 1. The number of carboxylic acid groups (broad SMARTS) is 1. The van der Waals surface area contributed by atoms with Crippen LogP contribution in [-0.2, 0) is 6.18 Å². The first-order valence-electron chi connectivity index (χ1n) is 4.40. The Morgan fingerprint density at radius 1 is 1.28 bits per heavy atom. The molecule has 1 heterocycles. The Balaban J connectivity index is 2.89. The van der Waals surface area contributed by atoms with Gasteiger partial charge in [-0.3, -0.25) is 0 Å². The number of hydrogen-bond donors (Lipinski definition) is 1. The average Bonchev–Trinajstić information content (AvgIpc) is 2.56. The summed E-state index contributed by atoms with van der Waals surface area (Å²) in [5, 5.41) is 8.76. The number of alkyl halides is 3. The van der Waals surface area contributed by atoms with Crippen LogP contribution in [-0.4, -0.2) is 20.8 Å². The Morgan fingerprint density at radius 3 is 2.33 bits per heavy atom. The second kappa shape index (κ2) is 4.03. The van der Waals surface area contributed by atoms with Crippen LogP contribution in [0.3, 0.4) is 0 Å². The number of aromatic nitrogens is 2. The fourth-order valence-corrected chi connectivity index (χ4v) is 1.77. The van der Waals surface area contributed by atoms with Crippen molar-refractivity contribution in [1.29, 1.82) is 0 Å². The highest BCUT2D eigenvalue weighted by Crippen LogP contribution is 2.34. The molecule has 0 aliphatic rings. The minimum absolute atomic E-state index is 0.00655. The van der Waals surface area contributed by atoms with Gasteiger partial charge in [0.05, 0.1) is 21.1 Å². The predicted octanol–water partition coefficient (Wildman–Crippen LogP) is 3.89. The number of halogens is 5.